The van der Waals surface area contributed by atoms with Gasteiger partial charge in [-0.15, -0.1) is 0 Å². The maximum Gasteiger partial charge on any atom is 0.256 e. The summed E-state index contributed by atoms with van der Waals surface area (Å²) in [6, 6.07) is 6.31. The molecule has 0 radical (unpaired) electrons. The van der Waals surface area contributed by atoms with E-state index in [-0.39, 0.29) is 10.5 Å². The van der Waals surface area contributed by atoms with Crippen LogP contribution in [-0.2, 0) is 17.1 Å². The Morgan fingerprint density at radius 3 is 2.48 bits per heavy atom. The van der Waals surface area contributed by atoms with Crippen molar-refractivity contribution < 1.29 is 13.2 Å². The molecule has 1 aromatic carbocycles. The van der Waals surface area contributed by atoms with E-state index in [2.05, 4.69) is 20.1 Å². The van der Waals surface area contributed by atoms with E-state index in [4.69, 9.17) is 0 Å². The Bertz CT molecular complexity index is 1210. The Morgan fingerprint density at radius 1 is 1.14 bits per heavy atom. The molecule has 1 amide bonds. The average Bonchev–Trinajstić information content (AvgIpc) is 2.86. The van der Waals surface area contributed by atoms with Gasteiger partial charge in [-0.2, -0.15) is 5.10 Å². The van der Waals surface area contributed by atoms with Crippen molar-refractivity contribution in [3.8, 4) is 0 Å². The topological polar surface area (TPSA) is 106 Å². The van der Waals surface area contributed by atoms with Crippen LogP contribution in [0.25, 0.3) is 11.0 Å². The summed E-state index contributed by atoms with van der Waals surface area (Å²) < 4.78 is 29.5. The monoisotopic (exact) mass is 415 g/mol. The number of aromatic nitrogens is 3. The van der Waals surface area contributed by atoms with Crippen molar-refractivity contribution in [2.45, 2.75) is 45.1 Å². The van der Waals surface area contributed by atoms with E-state index in [0.717, 1.165) is 16.7 Å². The Labute approximate surface area is 170 Å². The number of nitrogens with zero attached hydrogens (tertiary/aromatic N) is 3. The number of hydrogen-bond donors (Lipinski definition) is 2. The Kier molecular flexibility index (Phi) is 5.22. The first-order valence-corrected chi connectivity index (χ1v) is 10.6. The third-order valence-electron chi connectivity index (χ3n) is 4.33. The third-order valence-corrected chi connectivity index (χ3v) is 6.08. The minimum absolute atomic E-state index is 0.0415. The lowest BCUT2D eigenvalue weighted by molar-refractivity contribution is 0.102. The second-order valence-corrected chi connectivity index (χ2v) is 9.77. The van der Waals surface area contributed by atoms with E-state index in [9.17, 15) is 13.2 Å². The van der Waals surface area contributed by atoms with Crippen LogP contribution in [0.2, 0.25) is 0 Å². The molecule has 154 valence electrons. The van der Waals surface area contributed by atoms with E-state index in [1.165, 1.54) is 12.1 Å². The molecule has 0 saturated heterocycles. The normalized spacial score (nSPS) is 12.3. The molecular weight excluding hydrogens is 390 g/mol. The van der Waals surface area contributed by atoms with Gasteiger partial charge in [-0.3, -0.25) is 9.48 Å². The van der Waals surface area contributed by atoms with Crippen LogP contribution < -0.4 is 10.0 Å². The van der Waals surface area contributed by atoms with Crippen molar-refractivity contribution in [3.63, 3.8) is 0 Å². The van der Waals surface area contributed by atoms with Crippen LogP contribution in [0.4, 0.5) is 5.69 Å². The van der Waals surface area contributed by atoms with Gasteiger partial charge in [0.15, 0.2) is 5.65 Å². The number of benzene rings is 1. The lowest BCUT2D eigenvalue weighted by Crippen LogP contribution is -2.40. The summed E-state index contributed by atoms with van der Waals surface area (Å²) in [4.78, 5) is 17.2. The van der Waals surface area contributed by atoms with Crippen LogP contribution in [0.3, 0.4) is 0 Å². The van der Waals surface area contributed by atoms with Gasteiger partial charge in [0.05, 0.1) is 22.5 Å². The van der Waals surface area contributed by atoms with Gasteiger partial charge in [-0.05, 0) is 58.4 Å². The third kappa shape index (κ3) is 4.46. The van der Waals surface area contributed by atoms with Gasteiger partial charge in [-0.1, -0.05) is 6.07 Å². The average molecular weight is 416 g/mol. The predicted molar refractivity (Wildman–Crippen MR) is 112 cm³/mol. The summed E-state index contributed by atoms with van der Waals surface area (Å²) in [6.07, 6.45) is 1.55. The van der Waals surface area contributed by atoms with Crippen molar-refractivity contribution in [1.82, 2.24) is 19.5 Å². The number of amides is 1. The largest absolute Gasteiger partial charge is 0.321 e. The van der Waals surface area contributed by atoms with Crippen molar-refractivity contribution in [1.29, 1.82) is 0 Å². The Hall–Kier alpha value is -2.78. The van der Waals surface area contributed by atoms with E-state index < -0.39 is 21.5 Å². The fourth-order valence-electron chi connectivity index (χ4n) is 3.05. The van der Waals surface area contributed by atoms with Crippen LogP contribution >= 0.6 is 0 Å². The van der Waals surface area contributed by atoms with Crippen LogP contribution in [0.15, 0.2) is 35.4 Å². The zero-order valence-electron chi connectivity index (χ0n) is 17.4. The van der Waals surface area contributed by atoms with Gasteiger partial charge in [0, 0.05) is 23.5 Å². The van der Waals surface area contributed by atoms with Gasteiger partial charge in [-0.25, -0.2) is 18.1 Å². The highest BCUT2D eigenvalue weighted by molar-refractivity contribution is 7.89. The summed E-state index contributed by atoms with van der Waals surface area (Å²) in [5.74, 6) is -0.405. The highest BCUT2D eigenvalue weighted by atomic mass is 32.2. The van der Waals surface area contributed by atoms with E-state index in [0.29, 0.717) is 11.3 Å². The molecule has 3 aromatic rings. The first-order valence-electron chi connectivity index (χ1n) is 9.13. The molecule has 0 atom stereocenters. The molecule has 0 unspecified atom stereocenters. The van der Waals surface area contributed by atoms with Crippen LogP contribution in [0.1, 0.15) is 42.4 Å². The number of sulfonamides is 1. The zero-order valence-corrected chi connectivity index (χ0v) is 18.2. The summed E-state index contributed by atoms with van der Waals surface area (Å²) in [7, 11) is -1.94. The number of anilines is 1. The molecule has 9 heteroatoms. The number of pyridine rings is 1. The molecule has 0 aliphatic carbocycles. The number of aryl methyl sites for hydroxylation is 3. The molecule has 0 bridgehead atoms. The van der Waals surface area contributed by atoms with Crippen molar-refractivity contribution in [3.05, 3.63) is 47.3 Å². The second-order valence-electron chi connectivity index (χ2n) is 8.09. The number of fused-ring (bicyclic) bond motifs is 1. The summed E-state index contributed by atoms with van der Waals surface area (Å²) in [6.45, 7) is 8.91. The predicted octanol–water partition coefficient (Wildman–Crippen LogP) is 2.91. The number of nitrogens with one attached hydrogen (secondary N) is 2. The van der Waals surface area contributed by atoms with Crippen molar-refractivity contribution in [2.75, 3.05) is 5.32 Å². The fraction of sp³-hybridized carbons (Fsp3) is 0.350. The molecule has 0 aliphatic rings. The van der Waals surface area contributed by atoms with Gasteiger partial charge >= 0.3 is 0 Å². The Morgan fingerprint density at radius 2 is 1.83 bits per heavy atom. The maximum atomic E-state index is 12.9. The first-order chi connectivity index (χ1) is 13.4. The molecule has 2 aromatic heterocycles. The van der Waals surface area contributed by atoms with Gasteiger partial charge < -0.3 is 5.32 Å². The zero-order chi connectivity index (χ0) is 21.6. The van der Waals surface area contributed by atoms with Gasteiger partial charge in [0.25, 0.3) is 5.91 Å². The van der Waals surface area contributed by atoms with Gasteiger partial charge in [0.1, 0.15) is 0 Å². The molecule has 3 rings (SSSR count). The minimum atomic E-state index is -3.75. The Balaban J connectivity index is 1.92. The highest BCUT2D eigenvalue weighted by Crippen LogP contribution is 2.22. The molecule has 8 nitrogen and oxygen atoms in total. The smallest absolute Gasteiger partial charge is 0.256 e. The molecular formula is C20H25N5O3S. The number of hydrogen-bond acceptors (Lipinski definition) is 5. The quantitative estimate of drug-likeness (QED) is 0.681. The number of carbonyl (C=O) groups excluding carboxylic acids is 1. The van der Waals surface area contributed by atoms with E-state index >= 15 is 0 Å². The molecule has 0 spiro atoms. The molecule has 0 saturated carbocycles. The fourth-order valence-corrected chi connectivity index (χ4v) is 4.49. The SMILES string of the molecule is Cc1ccc(S(=O)(=O)NC(C)(C)C)cc1C(=O)Nc1cnc2c(c1)c(C)nn2C. The van der Waals surface area contributed by atoms with Crippen molar-refractivity contribution >= 4 is 32.7 Å². The lowest BCUT2D eigenvalue weighted by atomic mass is 10.1. The van der Waals surface area contributed by atoms with Crippen molar-refractivity contribution in [2.24, 2.45) is 7.05 Å². The second kappa shape index (κ2) is 7.23. The number of rotatable bonds is 4. The van der Waals surface area contributed by atoms with Gasteiger partial charge in [0.2, 0.25) is 10.0 Å². The summed E-state index contributed by atoms with van der Waals surface area (Å²) >= 11 is 0. The molecule has 0 aliphatic heterocycles. The summed E-state index contributed by atoms with van der Waals surface area (Å²) in [5.41, 5.74) is 2.36. The van der Waals surface area contributed by atoms with Crippen LogP contribution in [-0.4, -0.2) is 34.6 Å². The minimum Gasteiger partial charge on any atom is -0.321 e. The van der Waals surface area contributed by atoms with E-state index in [1.54, 1.807) is 50.7 Å². The molecule has 29 heavy (non-hydrogen) atoms. The van der Waals surface area contributed by atoms with E-state index in [1.807, 2.05) is 14.0 Å². The van der Waals surface area contributed by atoms with Crippen LogP contribution in [0.5, 0.6) is 0 Å². The highest BCUT2D eigenvalue weighted by Gasteiger charge is 2.23. The standard InChI is InChI=1S/C20H25N5O3S/c1-12-7-8-15(29(27,28)24-20(3,4)5)10-16(12)19(26)22-14-9-17-13(2)23-25(6)18(17)21-11-14/h7-11,24H,1-6H3,(H,22,26). The lowest BCUT2D eigenvalue weighted by Gasteiger charge is -2.20. The number of carbonyl (C=O) groups is 1. The maximum absolute atomic E-state index is 12.9. The summed E-state index contributed by atoms with van der Waals surface area (Å²) in [5, 5.41) is 7.96. The molecule has 2 heterocycles. The first kappa shape index (κ1) is 20.9. The molecule has 0 fully saturated rings. The molecule has 2 N–H and O–H groups in total. The van der Waals surface area contributed by atoms with Crippen LogP contribution in [0, 0.1) is 13.8 Å².